The first kappa shape index (κ1) is 21.7. The third-order valence-electron chi connectivity index (χ3n) is 5.96. The van der Waals surface area contributed by atoms with Crippen molar-refractivity contribution in [1.82, 2.24) is 4.90 Å². The standard InChI is InChI=1S/C19H24IN5O5/c1-11(2)17(25-10-23-14-15(25)22-9-24-19(14,20)21)16(27,12-6-4-3-5-7-12)18(28,29)13(8-26)30-17/h3-7,9,11,13,26-29H,8,10,21H2,1-2H3/t13-,16+,17-,19?/m1/s1. The molecule has 0 radical (unpaired) electrons. The summed E-state index contributed by atoms with van der Waals surface area (Å²) in [6.45, 7) is 2.83. The van der Waals surface area contributed by atoms with E-state index in [0.717, 1.165) is 0 Å². The molecule has 0 aromatic heterocycles. The van der Waals surface area contributed by atoms with Crippen LogP contribution in [0.1, 0.15) is 19.4 Å². The van der Waals surface area contributed by atoms with Gasteiger partial charge in [-0.25, -0.2) is 9.98 Å². The number of ether oxygens (including phenoxy) is 1. The van der Waals surface area contributed by atoms with Gasteiger partial charge in [-0.1, -0.05) is 44.2 Å². The smallest absolute Gasteiger partial charge is 0.231 e. The van der Waals surface area contributed by atoms with Crippen LogP contribution in [0.15, 0.2) is 45.3 Å². The average molecular weight is 529 g/mol. The SMILES string of the molecule is CC(C)[C@@]1(N2CN=C3C2=NC=NC3(N)I)O[C@H](CO)C(O)(O)[C@]1(O)c1ccccc1. The molecule has 6 N–H and O–H groups in total. The molecule has 1 aromatic rings. The Balaban J connectivity index is 1.96. The molecule has 10 nitrogen and oxygen atoms in total. The first-order valence-electron chi connectivity index (χ1n) is 9.47. The van der Waals surface area contributed by atoms with Crippen LogP contribution in [-0.4, -0.2) is 77.8 Å². The van der Waals surface area contributed by atoms with Gasteiger partial charge in [0.05, 0.1) is 6.61 Å². The largest absolute Gasteiger partial charge is 0.393 e. The van der Waals surface area contributed by atoms with Crippen LogP contribution in [-0.2, 0) is 10.3 Å². The van der Waals surface area contributed by atoms with Crippen LogP contribution in [0.2, 0.25) is 0 Å². The van der Waals surface area contributed by atoms with Gasteiger partial charge in [0, 0.05) is 5.92 Å². The maximum atomic E-state index is 12.1. The lowest BCUT2D eigenvalue weighted by molar-refractivity contribution is -0.301. The molecular formula is C19H24IN5O5. The molecule has 0 spiro atoms. The van der Waals surface area contributed by atoms with Crippen LogP contribution < -0.4 is 5.73 Å². The van der Waals surface area contributed by atoms with Crippen LogP contribution in [0.25, 0.3) is 0 Å². The van der Waals surface area contributed by atoms with Crippen molar-refractivity contribution in [3.05, 3.63) is 35.9 Å². The molecule has 3 aliphatic heterocycles. The topological polar surface area (TPSA) is 156 Å². The van der Waals surface area contributed by atoms with Crippen molar-refractivity contribution < 1.29 is 25.2 Å². The minimum atomic E-state index is -2.82. The molecule has 1 aromatic carbocycles. The molecule has 4 rings (SSSR count). The molecule has 0 bridgehead atoms. The molecular weight excluding hydrogens is 505 g/mol. The number of nitrogens with zero attached hydrogens (tertiary/aromatic N) is 4. The van der Waals surface area contributed by atoms with Gasteiger partial charge in [-0.15, -0.1) is 0 Å². The molecule has 3 aliphatic rings. The van der Waals surface area contributed by atoms with Gasteiger partial charge in [0.1, 0.15) is 24.8 Å². The molecule has 30 heavy (non-hydrogen) atoms. The number of aliphatic imine (C=N–C) groups is 3. The molecule has 0 aliphatic carbocycles. The Morgan fingerprint density at radius 1 is 1.27 bits per heavy atom. The van der Waals surface area contributed by atoms with Gasteiger partial charge in [0.25, 0.3) is 0 Å². The number of nitrogens with two attached hydrogens (primary N) is 1. The highest BCUT2D eigenvalue weighted by molar-refractivity contribution is 14.1. The Kier molecular flexibility index (Phi) is 5.09. The van der Waals surface area contributed by atoms with E-state index in [1.54, 1.807) is 49.1 Å². The van der Waals surface area contributed by atoms with Gasteiger partial charge in [-0.05, 0) is 28.2 Å². The fourth-order valence-electron chi connectivity index (χ4n) is 4.57. The highest BCUT2D eigenvalue weighted by atomic mass is 127. The number of aliphatic hydroxyl groups is 4. The lowest BCUT2D eigenvalue weighted by Crippen LogP contribution is -2.70. The summed E-state index contributed by atoms with van der Waals surface area (Å²) in [6, 6.07) is 8.25. The zero-order valence-corrected chi connectivity index (χ0v) is 18.6. The quantitative estimate of drug-likeness (QED) is 0.152. The van der Waals surface area contributed by atoms with Crippen LogP contribution in [0.3, 0.4) is 0 Å². The van der Waals surface area contributed by atoms with Crippen molar-refractivity contribution in [2.75, 3.05) is 13.3 Å². The van der Waals surface area contributed by atoms with Gasteiger partial charge < -0.3 is 30.1 Å². The highest BCUT2D eigenvalue weighted by Gasteiger charge is 2.77. The predicted molar refractivity (Wildman–Crippen MR) is 118 cm³/mol. The number of amidine groups is 1. The van der Waals surface area contributed by atoms with Crippen LogP contribution in [0, 0.1) is 5.92 Å². The number of halogens is 1. The van der Waals surface area contributed by atoms with Crippen LogP contribution in [0.5, 0.6) is 0 Å². The fourth-order valence-corrected chi connectivity index (χ4v) is 5.10. The van der Waals surface area contributed by atoms with Crippen LogP contribution in [0.4, 0.5) is 0 Å². The summed E-state index contributed by atoms with van der Waals surface area (Å²) in [7, 11) is 0. The molecule has 1 unspecified atom stereocenters. The Bertz CT molecular complexity index is 935. The minimum absolute atomic E-state index is 0.00102. The second kappa shape index (κ2) is 7.02. The number of aliphatic hydroxyl groups excluding tert-OH is 1. The monoisotopic (exact) mass is 529 g/mol. The molecule has 4 atom stereocenters. The van der Waals surface area contributed by atoms with E-state index in [1.807, 2.05) is 22.6 Å². The molecule has 3 heterocycles. The van der Waals surface area contributed by atoms with Crippen molar-refractivity contribution >= 4 is 40.5 Å². The number of fused-ring (bicyclic) bond motifs is 1. The van der Waals surface area contributed by atoms with E-state index >= 15 is 0 Å². The summed E-state index contributed by atoms with van der Waals surface area (Å²) in [5.41, 5.74) is 2.73. The fraction of sp³-hybridized carbons (Fsp3) is 0.526. The second-order valence-corrected chi connectivity index (χ2v) is 9.53. The maximum absolute atomic E-state index is 12.1. The summed E-state index contributed by atoms with van der Waals surface area (Å²) in [6.07, 6.45) is -0.188. The number of rotatable bonds is 4. The third kappa shape index (κ3) is 2.60. The van der Waals surface area contributed by atoms with E-state index in [0.29, 0.717) is 11.5 Å². The number of benzene rings is 1. The van der Waals surface area contributed by atoms with Crippen LogP contribution >= 0.6 is 22.6 Å². The van der Waals surface area contributed by atoms with E-state index in [9.17, 15) is 20.4 Å². The summed E-state index contributed by atoms with van der Waals surface area (Å²) in [5.74, 6) is -3.00. The van der Waals surface area contributed by atoms with Gasteiger partial charge in [0.2, 0.25) is 9.46 Å². The molecule has 1 fully saturated rings. The maximum Gasteiger partial charge on any atom is 0.231 e. The highest BCUT2D eigenvalue weighted by Crippen LogP contribution is 2.57. The lowest BCUT2D eigenvalue weighted by Gasteiger charge is -2.51. The molecule has 0 saturated carbocycles. The van der Waals surface area contributed by atoms with Crippen molar-refractivity contribution in [2.45, 2.75) is 40.7 Å². The Labute approximate surface area is 186 Å². The minimum Gasteiger partial charge on any atom is -0.393 e. The first-order chi connectivity index (χ1) is 14.0. The molecule has 0 amide bonds. The van der Waals surface area contributed by atoms with Crippen molar-refractivity contribution in [3.8, 4) is 0 Å². The Morgan fingerprint density at radius 3 is 2.53 bits per heavy atom. The van der Waals surface area contributed by atoms with E-state index in [2.05, 4.69) is 15.0 Å². The summed E-state index contributed by atoms with van der Waals surface area (Å²) in [4.78, 5) is 14.5. The van der Waals surface area contributed by atoms with Gasteiger partial charge in [0.15, 0.2) is 17.2 Å². The average Bonchev–Trinajstić information content (AvgIpc) is 3.21. The summed E-state index contributed by atoms with van der Waals surface area (Å²) < 4.78 is 4.97. The summed E-state index contributed by atoms with van der Waals surface area (Å²) >= 11 is 1.94. The predicted octanol–water partition coefficient (Wildman–Crippen LogP) is -0.499. The van der Waals surface area contributed by atoms with Gasteiger partial charge >= 0.3 is 0 Å². The molecule has 162 valence electrons. The number of alkyl halides is 1. The number of hydrogen-bond donors (Lipinski definition) is 5. The van der Waals surface area contributed by atoms with Crippen molar-refractivity contribution in [1.29, 1.82) is 0 Å². The lowest BCUT2D eigenvalue weighted by atomic mass is 9.72. The normalized spacial score (nSPS) is 37.4. The second-order valence-electron chi connectivity index (χ2n) is 7.89. The molecule has 11 heteroatoms. The molecule has 1 saturated heterocycles. The summed E-state index contributed by atoms with van der Waals surface area (Å²) in [5, 5.41) is 44.2. The van der Waals surface area contributed by atoms with Gasteiger partial charge in [-0.2, -0.15) is 0 Å². The third-order valence-corrected chi connectivity index (χ3v) is 6.75. The van der Waals surface area contributed by atoms with Gasteiger partial charge in [-0.3, -0.25) is 10.7 Å². The Morgan fingerprint density at radius 2 is 1.93 bits per heavy atom. The first-order valence-corrected chi connectivity index (χ1v) is 10.6. The number of hydrogen-bond acceptors (Lipinski definition) is 10. The van der Waals surface area contributed by atoms with E-state index < -0.39 is 39.4 Å². The Hall–Kier alpha value is -1.48. The van der Waals surface area contributed by atoms with Crippen molar-refractivity contribution in [3.63, 3.8) is 0 Å². The van der Waals surface area contributed by atoms with E-state index in [1.165, 1.54) is 6.34 Å². The zero-order chi connectivity index (χ0) is 21.9. The van der Waals surface area contributed by atoms with E-state index in [4.69, 9.17) is 10.5 Å². The van der Waals surface area contributed by atoms with Crippen molar-refractivity contribution in [2.24, 2.45) is 26.6 Å². The van der Waals surface area contributed by atoms with E-state index in [-0.39, 0.29) is 12.2 Å². The zero-order valence-electron chi connectivity index (χ0n) is 16.5.